The van der Waals surface area contributed by atoms with Crippen LogP contribution in [0.4, 0.5) is 5.69 Å². The zero-order valence-electron chi connectivity index (χ0n) is 15.6. The van der Waals surface area contributed by atoms with Gasteiger partial charge >= 0.3 is 120 Å². The van der Waals surface area contributed by atoms with Crippen molar-refractivity contribution in [3.8, 4) is 0 Å². The Balaban J connectivity index is 2.37. The summed E-state index contributed by atoms with van der Waals surface area (Å²) in [6, 6.07) is 4.95. The number of rotatable bonds is 10. The van der Waals surface area contributed by atoms with Crippen molar-refractivity contribution in [1.82, 2.24) is 10.5 Å². The molecule has 0 aliphatic rings. The molecule has 3 atom stereocenters. The van der Waals surface area contributed by atoms with Crippen LogP contribution in [0.2, 0.25) is 0 Å². The van der Waals surface area contributed by atoms with E-state index < -0.39 is 22.7 Å². The third-order valence-electron chi connectivity index (χ3n) is 3.82. The van der Waals surface area contributed by atoms with Gasteiger partial charge in [0.15, 0.2) is 0 Å². The molecular formula is C16H22BN4O6P. The van der Waals surface area contributed by atoms with Crippen molar-refractivity contribution >= 4 is 40.0 Å². The molecule has 0 saturated carbocycles. The van der Waals surface area contributed by atoms with E-state index in [1.165, 1.54) is 31.5 Å². The van der Waals surface area contributed by atoms with E-state index in [1.54, 1.807) is 13.8 Å². The van der Waals surface area contributed by atoms with Gasteiger partial charge in [-0.25, -0.2) is 0 Å². The number of nitrogens with zero attached hydrogens (tertiary/aromatic N) is 2. The third-order valence-corrected chi connectivity index (χ3v) is 3.97. The van der Waals surface area contributed by atoms with Crippen LogP contribution in [0.5, 0.6) is 0 Å². The molecule has 28 heavy (non-hydrogen) atoms. The molecule has 10 nitrogen and oxygen atoms in total. The standard InChI is InChI=1S/C16H22BN4O6P/c1-10(7-8-27-9-11(2)15(23)19-17-20-28)14(22)18-16(24)12-3-5-13(6-4-12)21(25)26/h3-6,10-11H,7-9,28H2,1-2H3,(H,19,23)(H,18,22,24). The van der Waals surface area contributed by atoms with Crippen LogP contribution in [0.15, 0.2) is 28.9 Å². The summed E-state index contributed by atoms with van der Waals surface area (Å²) in [5, 5.41) is 15.3. The number of benzene rings is 1. The summed E-state index contributed by atoms with van der Waals surface area (Å²) < 4.78 is 8.97. The van der Waals surface area contributed by atoms with Crippen LogP contribution in [-0.2, 0) is 14.3 Å². The monoisotopic (exact) mass is 408 g/mol. The Morgan fingerprint density at radius 2 is 1.86 bits per heavy atom. The Labute approximate surface area is 165 Å². The number of carbonyl (C=O) groups excluding carboxylic acids is 3. The molecule has 150 valence electrons. The molecule has 1 rings (SSSR count). The molecule has 0 aliphatic heterocycles. The fraction of sp³-hybridized carbons (Fsp3) is 0.438. The summed E-state index contributed by atoms with van der Waals surface area (Å²) in [6.45, 7) is 3.78. The second kappa shape index (κ2) is 12.0. The van der Waals surface area contributed by atoms with Crippen molar-refractivity contribution in [2.45, 2.75) is 20.3 Å². The normalized spacial score (nSPS) is 12.7. The van der Waals surface area contributed by atoms with E-state index in [0.717, 1.165) is 0 Å². The maximum absolute atomic E-state index is 12.1. The first kappa shape index (κ1) is 23.5. The van der Waals surface area contributed by atoms with E-state index in [-0.39, 0.29) is 36.3 Å². The minimum absolute atomic E-state index is 0.142. The van der Waals surface area contributed by atoms with Gasteiger partial charge in [0.1, 0.15) is 0 Å². The van der Waals surface area contributed by atoms with E-state index in [1.807, 2.05) is 0 Å². The first-order chi connectivity index (χ1) is 13.3. The van der Waals surface area contributed by atoms with Gasteiger partial charge in [0, 0.05) is 12.1 Å². The van der Waals surface area contributed by atoms with Crippen molar-refractivity contribution in [3.63, 3.8) is 0 Å². The molecule has 12 heteroatoms. The van der Waals surface area contributed by atoms with Gasteiger partial charge in [0.25, 0.3) is 5.69 Å². The van der Waals surface area contributed by atoms with Gasteiger partial charge in [-0.15, -0.1) is 0 Å². The van der Waals surface area contributed by atoms with Crippen molar-refractivity contribution in [2.75, 3.05) is 13.2 Å². The molecule has 2 N–H and O–H groups in total. The third kappa shape index (κ3) is 8.02. The van der Waals surface area contributed by atoms with Crippen LogP contribution < -0.4 is 10.5 Å². The Hall–Kier alpha value is -2.52. The molecule has 0 heterocycles. The van der Waals surface area contributed by atoms with E-state index in [2.05, 4.69) is 24.6 Å². The van der Waals surface area contributed by atoms with E-state index in [9.17, 15) is 24.5 Å². The van der Waals surface area contributed by atoms with Crippen LogP contribution in [0.1, 0.15) is 30.6 Å². The number of nitrogens with one attached hydrogen (secondary N) is 2. The zero-order valence-corrected chi connectivity index (χ0v) is 16.7. The van der Waals surface area contributed by atoms with Gasteiger partial charge < -0.3 is 0 Å². The summed E-state index contributed by atoms with van der Waals surface area (Å²) in [5.41, 5.74) is 0.00780. The Morgan fingerprint density at radius 1 is 1.21 bits per heavy atom. The summed E-state index contributed by atoms with van der Waals surface area (Å²) >= 11 is 0. The topological polar surface area (TPSA) is 140 Å². The number of non-ortho nitro benzene ring substituents is 1. The Kier molecular flexibility index (Phi) is 10.1. The van der Waals surface area contributed by atoms with Crippen molar-refractivity contribution in [2.24, 2.45) is 16.5 Å². The molecule has 0 saturated heterocycles. The van der Waals surface area contributed by atoms with Crippen LogP contribution in [0, 0.1) is 22.0 Å². The molecular weight excluding hydrogens is 386 g/mol. The number of amides is 3. The predicted molar refractivity (Wildman–Crippen MR) is 105 cm³/mol. The zero-order chi connectivity index (χ0) is 21.1. The van der Waals surface area contributed by atoms with Gasteiger partial charge in [-0.3, -0.25) is 10.1 Å². The number of nitro groups is 1. The minimum atomic E-state index is -0.631. The van der Waals surface area contributed by atoms with Crippen LogP contribution in [0.25, 0.3) is 0 Å². The molecule has 3 amide bonds. The quantitative estimate of drug-likeness (QED) is 0.196. The van der Waals surface area contributed by atoms with Gasteiger partial charge in [0.2, 0.25) is 0 Å². The van der Waals surface area contributed by atoms with Crippen LogP contribution in [-0.4, -0.2) is 43.1 Å². The van der Waals surface area contributed by atoms with Gasteiger partial charge in [-0.1, -0.05) is 0 Å². The predicted octanol–water partition coefficient (Wildman–Crippen LogP) is 1.24. The van der Waals surface area contributed by atoms with Crippen LogP contribution in [0.3, 0.4) is 0 Å². The average molecular weight is 408 g/mol. The molecule has 0 spiro atoms. The second-order valence-electron chi connectivity index (χ2n) is 6.07. The summed E-state index contributed by atoms with van der Waals surface area (Å²) in [6.07, 6.45) is 0.362. The number of carbonyl (C=O) groups is 3. The molecule has 0 fully saturated rings. The summed E-state index contributed by atoms with van der Waals surface area (Å²) in [5.74, 6) is -2.21. The van der Waals surface area contributed by atoms with E-state index >= 15 is 0 Å². The molecule has 1 aromatic rings. The number of ether oxygens (including phenoxy) is 1. The van der Waals surface area contributed by atoms with Gasteiger partial charge in [0.05, 0.1) is 4.92 Å². The number of hydrogen-bond acceptors (Lipinski definition) is 7. The maximum atomic E-state index is 12.1. The average Bonchev–Trinajstić information content (AvgIpc) is 2.68. The van der Waals surface area contributed by atoms with Crippen molar-refractivity contribution in [1.29, 1.82) is 0 Å². The second-order valence-corrected chi connectivity index (χ2v) is 6.37. The number of nitro benzene ring substituents is 1. The van der Waals surface area contributed by atoms with Crippen molar-refractivity contribution < 1.29 is 24.0 Å². The number of imide groups is 1. The van der Waals surface area contributed by atoms with Gasteiger partial charge in [-0.05, 0) is 12.1 Å². The summed E-state index contributed by atoms with van der Waals surface area (Å²) in [7, 11) is 3.36. The molecule has 0 aromatic heterocycles. The molecule has 0 bridgehead atoms. The molecule has 1 aromatic carbocycles. The van der Waals surface area contributed by atoms with Crippen LogP contribution >= 0.6 is 9.39 Å². The summed E-state index contributed by atoms with van der Waals surface area (Å²) in [4.78, 5) is 45.8. The SMILES string of the molecule is CC(COCCC(C)C(=O)NC(=O)c1ccc([N+](=O)[O-])cc1)C(=O)NB=NP. The van der Waals surface area contributed by atoms with E-state index in [4.69, 9.17) is 4.74 Å². The first-order valence-corrected chi connectivity index (χ1v) is 8.97. The number of hydrogen-bond donors (Lipinski definition) is 2. The molecule has 0 radical (unpaired) electrons. The Morgan fingerprint density at radius 3 is 2.43 bits per heavy atom. The Bertz CT molecular complexity index is 743. The molecule has 0 aliphatic carbocycles. The fourth-order valence-electron chi connectivity index (χ4n) is 2.01. The first-order valence-electron chi connectivity index (χ1n) is 8.45. The fourth-order valence-corrected chi connectivity index (χ4v) is 2.09. The van der Waals surface area contributed by atoms with E-state index in [0.29, 0.717) is 6.42 Å². The van der Waals surface area contributed by atoms with Gasteiger partial charge in [-0.2, -0.15) is 0 Å². The van der Waals surface area contributed by atoms with Crippen molar-refractivity contribution in [3.05, 3.63) is 39.9 Å². The molecule has 3 unspecified atom stereocenters.